The monoisotopic (exact) mass is 563 g/mol. The first-order valence-electron chi connectivity index (χ1n) is 12.1. The number of carbonyl (C=O) groups excluding carboxylic acids is 2. The highest BCUT2D eigenvalue weighted by Crippen LogP contribution is 2.50. The number of halogens is 3. The van der Waals surface area contributed by atoms with Gasteiger partial charge in [0, 0.05) is 21.6 Å². The molecule has 1 atom stereocenters. The van der Waals surface area contributed by atoms with Gasteiger partial charge in [-0.15, -0.1) is 23.1 Å². The third-order valence-electron chi connectivity index (χ3n) is 6.00. The average Bonchev–Trinajstić information content (AvgIpc) is 3.31. The van der Waals surface area contributed by atoms with Gasteiger partial charge in [0.2, 0.25) is 0 Å². The summed E-state index contributed by atoms with van der Waals surface area (Å²) in [7, 11) is 1.31. The van der Waals surface area contributed by atoms with Crippen LogP contribution < -0.4 is 5.32 Å². The Morgan fingerprint density at radius 1 is 1.00 bits per heavy atom. The standard InChI is InChI=1S/C29H32F3NO3S2/c1-17-15-21(16-18(2)25(17)19-7-9-20(10-8-19)29(30,31)32)37-26(28(3,4)5)22-11-12-23(38-22)27(35)33-14-13-24(34)36-6/h7-12,15-16,26H,13-14H2,1-6H3,(H,33,35)/t26-/m0/s1. The molecule has 0 radical (unpaired) electrons. The maximum absolute atomic E-state index is 13.0. The Bertz CT molecular complexity index is 1270. The number of thioether (sulfide) groups is 1. The molecule has 2 aromatic carbocycles. The molecule has 9 heteroatoms. The van der Waals surface area contributed by atoms with E-state index in [9.17, 15) is 22.8 Å². The molecular weight excluding hydrogens is 531 g/mol. The third-order valence-corrected chi connectivity index (χ3v) is 9.00. The molecule has 4 nitrogen and oxygen atoms in total. The molecule has 0 unspecified atom stereocenters. The van der Waals surface area contributed by atoms with Crippen molar-refractivity contribution >= 4 is 35.0 Å². The van der Waals surface area contributed by atoms with E-state index in [1.807, 2.05) is 19.9 Å². The van der Waals surface area contributed by atoms with Gasteiger partial charge in [-0.3, -0.25) is 9.59 Å². The summed E-state index contributed by atoms with van der Waals surface area (Å²) in [6.45, 7) is 10.6. The summed E-state index contributed by atoms with van der Waals surface area (Å²) >= 11 is 3.14. The van der Waals surface area contributed by atoms with Gasteiger partial charge in [-0.25, -0.2) is 0 Å². The molecule has 1 N–H and O–H groups in total. The van der Waals surface area contributed by atoms with Gasteiger partial charge in [-0.2, -0.15) is 13.2 Å². The number of nitrogens with one attached hydrogen (secondary N) is 1. The molecule has 0 fully saturated rings. The zero-order chi connectivity index (χ0) is 28.3. The second kappa shape index (κ2) is 11.9. The first kappa shape index (κ1) is 29.8. The number of hydrogen-bond donors (Lipinski definition) is 1. The summed E-state index contributed by atoms with van der Waals surface area (Å²) in [5, 5.41) is 2.81. The molecular formula is C29H32F3NO3S2. The maximum atomic E-state index is 13.0. The third kappa shape index (κ3) is 7.41. The van der Waals surface area contributed by atoms with Gasteiger partial charge in [0.25, 0.3) is 5.91 Å². The van der Waals surface area contributed by atoms with Gasteiger partial charge in [-0.05, 0) is 77.9 Å². The number of benzene rings is 2. The average molecular weight is 564 g/mol. The van der Waals surface area contributed by atoms with Crippen LogP contribution in [0.1, 0.15) is 63.7 Å². The number of carbonyl (C=O) groups is 2. The molecule has 0 aliphatic heterocycles. The number of methoxy groups -OCH3 is 1. The van der Waals surface area contributed by atoms with Crippen LogP contribution in [-0.4, -0.2) is 25.5 Å². The van der Waals surface area contributed by atoms with Gasteiger partial charge in [0.05, 0.1) is 24.0 Å². The van der Waals surface area contributed by atoms with E-state index in [0.29, 0.717) is 4.88 Å². The van der Waals surface area contributed by atoms with Crippen molar-refractivity contribution in [2.24, 2.45) is 5.41 Å². The molecule has 0 saturated carbocycles. The lowest BCUT2D eigenvalue weighted by atomic mass is 9.91. The first-order valence-corrected chi connectivity index (χ1v) is 13.8. The number of aryl methyl sites for hydroxylation is 2. The lowest BCUT2D eigenvalue weighted by Gasteiger charge is -2.30. The van der Waals surface area contributed by atoms with E-state index >= 15 is 0 Å². The smallest absolute Gasteiger partial charge is 0.416 e. The highest BCUT2D eigenvalue weighted by Gasteiger charge is 2.31. The highest BCUT2D eigenvalue weighted by molar-refractivity contribution is 7.99. The number of ether oxygens (including phenoxy) is 1. The van der Waals surface area contributed by atoms with Crippen LogP contribution >= 0.6 is 23.1 Å². The molecule has 1 amide bonds. The van der Waals surface area contributed by atoms with E-state index in [1.54, 1.807) is 17.8 Å². The lowest BCUT2D eigenvalue weighted by Crippen LogP contribution is -2.25. The zero-order valence-electron chi connectivity index (χ0n) is 22.3. The summed E-state index contributed by atoms with van der Waals surface area (Å²) in [5.74, 6) is -0.605. The van der Waals surface area contributed by atoms with Crippen LogP contribution in [0.3, 0.4) is 0 Å². The topological polar surface area (TPSA) is 55.4 Å². The van der Waals surface area contributed by atoms with Crippen LogP contribution in [-0.2, 0) is 15.7 Å². The Hall–Kier alpha value is -2.78. The second-order valence-electron chi connectivity index (χ2n) is 10.2. The molecule has 1 aromatic heterocycles. The van der Waals surface area contributed by atoms with E-state index < -0.39 is 11.7 Å². The number of esters is 1. The van der Waals surface area contributed by atoms with E-state index in [2.05, 4.69) is 43.0 Å². The molecule has 0 aliphatic rings. The Balaban J connectivity index is 1.82. The second-order valence-corrected chi connectivity index (χ2v) is 12.4. The number of rotatable bonds is 8. The summed E-state index contributed by atoms with van der Waals surface area (Å²) in [4.78, 5) is 26.5. The highest BCUT2D eigenvalue weighted by atomic mass is 32.2. The Morgan fingerprint density at radius 3 is 2.13 bits per heavy atom. The van der Waals surface area contributed by atoms with Crippen LogP contribution in [0.4, 0.5) is 13.2 Å². The van der Waals surface area contributed by atoms with Gasteiger partial charge < -0.3 is 10.1 Å². The van der Waals surface area contributed by atoms with E-state index in [4.69, 9.17) is 0 Å². The number of alkyl halides is 3. The van der Waals surface area contributed by atoms with Crippen LogP contribution in [0, 0.1) is 19.3 Å². The summed E-state index contributed by atoms with van der Waals surface area (Å²) < 4.78 is 43.6. The molecule has 0 aliphatic carbocycles. The Kier molecular flexibility index (Phi) is 9.36. The van der Waals surface area contributed by atoms with Crippen LogP contribution in [0.25, 0.3) is 11.1 Å². The van der Waals surface area contributed by atoms with Crippen molar-refractivity contribution in [3.63, 3.8) is 0 Å². The van der Waals surface area contributed by atoms with Gasteiger partial charge in [0.15, 0.2) is 0 Å². The van der Waals surface area contributed by atoms with E-state index in [1.165, 1.54) is 30.6 Å². The Labute approximate surface area is 230 Å². The SMILES string of the molecule is COC(=O)CCNC(=O)c1ccc([C@H](Sc2cc(C)c(-c3ccc(C(F)(F)F)cc3)c(C)c2)C(C)(C)C)s1. The van der Waals surface area contributed by atoms with Crippen molar-refractivity contribution in [1.29, 1.82) is 0 Å². The fourth-order valence-corrected chi connectivity index (χ4v) is 6.90. The van der Waals surface area contributed by atoms with Gasteiger partial charge in [0.1, 0.15) is 0 Å². The molecule has 0 spiro atoms. The fourth-order valence-electron chi connectivity index (χ4n) is 4.15. The molecule has 3 aromatic rings. The van der Waals surface area contributed by atoms with E-state index in [0.717, 1.165) is 44.2 Å². The summed E-state index contributed by atoms with van der Waals surface area (Å²) in [6, 6.07) is 13.2. The van der Waals surface area contributed by atoms with Crippen molar-refractivity contribution in [2.75, 3.05) is 13.7 Å². The molecule has 204 valence electrons. The Morgan fingerprint density at radius 2 is 1.61 bits per heavy atom. The van der Waals surface area contributed by atoms with Crippen molar-refractivity contribution in [1.82, 2.24) is 5.32 Å². The number of hydrogen-bond acceptors (Lipinski definition) is 5. The normalized spacial score (nSPS) is 12.8. The molecule has 0 bridgehead atoms. The fraction of sp³-hybridized carbons (Fsp3) is 0.379. The van der Waals surface area contributed by atoms with Crippen LogP contribution in [0.15, 0.2) is 53.4 Å². The predicted molar refractivity (Wildman–Crippen MR) is 148 cm³/mol. The van der Waals surface area contributed by atoms with E-state index in [-0.39, 0.29) is 35.5 Å². The van der Waals surface area contributed by atoms with Crippen molar-refractivity contribution in [3.05, 3.63) is 75.0 Å². The minimum Gasteiger partial charge on any atom is -0.469 e. The molecule has 3 rings (SSSR count). The van der Waals surface area contributed by atoms with Crippen molar-refractivity contribution in [2.45, 2.75) is 57.4 Å². The van der Waals surface area contributed by atoms with Crippen molar-refractivity contribution < 1.29 is 27.5 Å². The summed E-state index contributed by atoms with van der Waals surface area (Å²) in [6.07, 6.45) is -4.25. The van der Waals surface area contributed by atoms with Gasteiger partial charge in [-0.1, -0.05) is 32.9 Å². The largest absolute Gasteiger partial charge is 0.469 e. The molecule has 1 heterocycles. The van der Waals surface area contributed by atoms with Gasteiger partial charge >= 0.3 is 12.1 Å². The molecule has 0 saturated heterocycles. The maximum Gasteiger partial charge on any atom is 0.416 e. The molecule has 38 heavy (non-hydrogen) atoms. The van der Waals surface area contributed by atoms with Crippen LogP contribution in [0.2, 0.25) is 0 Å². The quantitative estimate of drug-likeness (QED) is 0.222. The number of amides is 1. The minimum absolute atomic E-state index is 0.0554. The summed E-state index contributed by atoms with van der Waals surface area (Å²) in [5.41, 5.74) is 2.86. The first-order chi connectivity index (χ1) is 17.7. The zero-order valence-corrected chi connectivity index (χ0v) is 23.9. The van der Waals surface area contributed by atoms with Crippen LogP contribution in [0.5, 0.6) is 0 Å². The predicted octanol–water partition coefficient (Wildman–Crippen LogP) is 8.22. The van der Waals surface area contributed by atoms with Crippen molar-refractivity contribution in [3.8, 4) is 11.1 Å². The number of thiophene rings is 1. The lowest BCUT2D eigenvalue weighted by molar-refractivity contribution is -0.140. The minimum atomic E-state index is -4.36.